The van der Waals surface area contributed by atoms with Gasteiger partial charge in [0, 0.05) is 62.2 Å². The van der Waals surface area contributed by atoms with Crippen LogP contribution in [-0.4, -0.2) is 80.7 Å². The molecule has 0 aliphatic carbocycles. The summed E-state index contributed by atoms with van der Waals surface area (Å²) in [5.74, 6) is -3.00. The van der Waals surface area contributed by atoms with Crippen molar-refractivity contribution in [2.45, 2.75) is 71.3 Å². The molecule has 256 valence electrons. The number of hydrogen-bond donors (Lipinski definition) is 3. The topological polar surface area (TPSA) is 162 Å². The minimum absolute atomic E-state index is 0.0549. The van der Waals surface area contributed by atoms with Crippen LogP contribution >= 0.6 is 0 Å². The van der Waals surface area contributed by atoms with E-state index in [2.05, 4.69) is 29.0 Å². The van der Waals surface area contributed by atoms with E-state index in [1.54, 1.807) is 12.1 Å². The van der Waals surface area contributed by atoms with Gasteiger partial charge in [-0.25, -0.2) is 14.0 Å². The lowest BCUT2D eigenvalue weighted by Crippen LogP contribution is -2.47. The number of anilines is 1. The van der Waals surface area contributed by atoms with E-state index in [0.29, 0.717) is 67.2 Å². The first-order valence-corrected chi connectivity index (χ1v) is 16.3. The molecule has 3 aromatic rings. The van der Waals surface area contributed by atoms with E-state index in [9.17, 15) is 28.4 Å². The number of halogens is 1. The standard InChI is InChI=1S/C31H38FN5O3.C4H4O4/c1-3-4-5-6-7-8-9-13-27(38)37-26-20-22(32)14-15-24(26)29(34-37)36-18-16-35(17-19-36)21(2)23-11-10-12-25-28(23)31(40)33-30(25)39;5-3(6)1-2-4(7)8/h10-12,14-15,20-21H,3-9,13,16-19H2,1-2H3,(H,33,39,40);1-2H,(H,5,6)(H,7,8). The first kappa shape index (κ1) is 35.9. The highest BCUT2D eigenvalue weighted by atomic mass is 19.1. The van der Waals surface area contributed by atoms with Gasteiger partial charge in [0.25, 0.3) is 11.8 Å². The minimum atomic E-state index is -1.26. The molecule has 0 saturated carbocycles. The van der Waals surface area contributed by atoms with Gasteiger partial charge in [-0.15, -0.1) is 5.10 Å². The summed E-state index contributed by atoms with van der Waals surface area (Å²) in [5.41, 5.74) is 2.25. The summed E-state index contributed by atoms with van der Waals surface area (Å²) in [7, 11) is 0. The Morgan fingerprint density at radius 3 is 2.21 bits per heavy atom. The van der Waals surface area contributed by atoms with E-state index < -0.39 is 11.9 Å². The number of rotatable bonds is 13. The summed E-state index contributed by atoms with van der Waals surface area (Å²) in [6, 6.07) is 9.88. The van der Waals surface area contributed by atoms with Gasteiger partial charge in [0.2, 0.25) is 5.91 Å². The van der Waals surface area contributed by atoms with Crippen molar-refractivity contribution in [2.75, 3.05) is 31.1 Å². The Labute approximate surface area is 278 Å². The summed E-state index contributed by atoms with van der Waals surface area (Å²) < 4.78 is 15.6. The van der Waals surface area contributed by atoms with E-state index in [-0.39, 0.29) is 29.6 Å². The van der Waals surface area contributed by atoms with Crippen LogP contribution in [0.5, 0.6) is 0 Å². The SMILES string of the molecule is CCCCCCCCCC(=O)n1nc(N2CCN(C(C)c3cccc4c3C(=O)NC4=O)CC2)c2ccc(F)cc21.O=C(O)C=CC(=O)O. The number of carbonyl (C=O) groups excluding carboxylic acids is 3. The number of unbranched alkanes of at least 4 members (excludes halogenated alkanes) is 6. The summed E-state index contributed by atoms with van der Waals surface area (Å²) in [5, 5.41) is 23.5. The molecule has 0 radical (unpaired) electrons. The molecule has 0 spiro atoms. The molecule has 3 heterocycles. The zero-order valence-electron chi connectivity index (χ0n) is 27.3. The Hall–Kier alpha value is -4.91. The maximum atomic E-state index is 14.2. The number of piperazine rings is 1. The quantitative estimate of drug-likeness (QED) is 0.122. The molecule has 3 N–H and O–H groups in total. The first-order valence-electron chi connectivity index (χ1n) is 16.3. The van der Waals surface area contributed by atoms with Gasteiger partial charge >= 0.3 is 11.9 Å². The molecule has 1 aromatic heterocycles. The zero-order chi connectivity index (χ0) is 34.8. The summed E-state index contributed by atoms with van der Waals surface area (Å²) in [6.45, 7) is 7.01. The molecule has 2 aromatic carbocycles. The van der Waals surface area contributed by atoms with Crippen molar-refractivity contribution in [1.29, 1.82) is 0 Å². The minimum Gasteiger partial charge on any atom is -0.478 e. The number of aromatic nitrogens is 2. The van der Waals surface area contributed by atoms with Crippen LogP contribution < -0.4 is 10.2 Å². The number of amides is 2. The second-order valence-corrected chi connectivity index (χ2v) is 11.9. The van der Waals surface area contributed by atoms with Crippen molar-refractivity contribution < 1.29 is 38.6 Å². The molecule has 1 fully saturated rings. The summed E-state index contributed by atoms with van der Waals surface area (Å²) in [4.78, 5) is 61.2. The predicted molar refractivity (Wildman–Crippen MR) is 178 cm³/mol. The van der Waals surface area contributed by atoms with Gasteiger partial charge in [-0.1, -0.05) is 57.6 Å². The third kappa shape index (κ3) is 8.91. The number of carboxylic acid groups (broad SMARTS) is 2. The van der Waals surface area contributed by atoms with Crippen LogP contribution in [-0.2, 0) is 9.59 Å². The van der Waals surface area contributed by atoms with Gasteiger partial charge in [-0.05, 0) is 37.1 Å². The van der Waals surface area contributed by atoms with Crippen LogP contribution in [0.2, 0.25) is 0 Å². The number of nitrogens with zero attached hydrogens (tertiary/aromatic N) is 4. The van der Waals surface area contributed by atoms with Crippen molar-refractivity contribution in [3.05, 3.63) is 71.1 Å². The van der Waals surface area contributed by atoms with Crippen LogP contribution in [0.25, 0.3) is 10.9 Å². The van der Waals surface area contributed by atoms with E-state index >= 15 is 0 Å². The van der Waals surface area contributed by atoms with Crippen LogP contribution in [0.3, 0.4) is 0 Å². The molecule has 12 nitrogen and oxygen atoms in total. The molecular weight excluding hydrogens is 621 g/mol. The molecule has 5 rings (SSSR count). The third-order valence-electron chi connectivity index (χ3n) is 8.63. The molecule has 1 unspecified atom stereocenters. The number of fused-ring (bicyclic) bond motifs is 2. The van der Waals surface area contributed by atoms with E-state index in [1.807, 2.05) is 12.1 Å². The smallest absolute Gasteiger partial charge is 0.328 e. The molecule has 2 aliphatic heterocycles. The lowest BCUT2D eigenvalue weighted by atomic mass is 9.96. The molecule has 13 heteroatoms. The van der Waals surface area contributed by atoms with Crippen molar-refractivity contribution in [1.82, 2.24) is 20.0 Å². The van der Waals surface area contributed by atoms with Crippen LogP contribution in [0, 0.1) is 5.82 Å². The second-order valence-electron chi connectivity index (χ2n) is 11.9. The number of carbonyl (C=O) groups is 5. The fourth-order valence-electron chi connectivity index (χ4n) is 6.09. The molecular formula is C35H42FN5O7. The summed E-state index contributed by atoms with van der Waals surface area (Å²) in [6.07, 6.45) is 9.36. The largest absolute Gasteiger partial charge is 0.478 e. The molecule has 1 saturated heterocycles. The molecule has 2 amide bonds. The highest BCUT2D eigenvalue weighted by Crippen LogP contribution is 2.32. The number of aliphatic carboxylic acids is 2. The number of hydrogen-bond acceptors (Lipinski definition) is 8. The van der Waals surface area contributed by atoms with Gasteiger partial charge in [-0.2, -0.15) is 4.68 Å². The first-order chi connectivity index (χ1) is 23.0. The predicted octanol–water partition coefficient (Wildman–Crippen LogP) is 5.43. The second kappa shape index (κ2) is 16.8. The van der Waals surface area contributed by atoms with Gasteiger partial charge < -0.3 is 15.1 Å². The Morgan fingerprint density at radius 1 is 0.917 bits per heavy atom. The van der Waals surface area contributed by atoms with Crippen LogP contribution in [0.1, 0.15) is 102 Å². The molecule has 48 heavy (non-hydrogen) atoms. The lowest BCUT2D eigenvalue weighted by Gasteiger charge is -2.38. The average molecular weight is 664 g/mol. The van der Waals surface area contributed by atoms with Crippen LogP contribution in [0.4, 0.5) is 10.2 Å². The molecule has 0 bridgehead atoms. The van der Waals surface area contributed by atoms with Gasteiger partial charge in [0.1, 0.15) is 5.82 Å². The highest BCUT2D eigenvalue weighted by molar-refractivity contribution is 6.22. The Bertz CT molecular complexity index is 1680. The zero-order valence-corrected chi connectivity index (χ0v) is 27.3. The number of carboxylic acids is 2. The fourth-order valence-corrected chi connectivity index (χ4v) is 6.09. The van der Waals surface area contributed by atoms with Crippen molar-refractivity contribution in [3.8, 4) is 0 Å². The Kier molecular flexibility index (Phi) is 12.6. The van der Waals surface area contributed by atoms with Crippen molar-refractivity contribution >= 4 is 46.4 Å². The van der Waals surface area contributed by atoms with Crippen molar-refractivity contribution in [2.24, 2.45) is 0 Å². The van der Waals surface area contributed by atoms with Gasteiger partial charge in [0.05, 0.1) is 16.6 Å². The van der Waals surface area contributed by atoms with E-state index in [1.165, 1.54) is 42.5 Å². The number of imide groups is 1. The maximum Gasteiger partial charge on any atom is 0.328 e. The highest BCUT2D eigenvalue weighted by Gasteiger charge is 2.33. The van der Waals surface area contributed by atoms with E-state index in [4.69, 9.17) is 15.3 Å². The number of benzene rings is 2. The lowest BCUT2D eigenvalue weighted by molar-refractivity contribution is -0.134. The monoisotopic (exact) mass is 663 g/mol. The van der Waals surface area contributed by atoms with Gasteiger partial charge in [0.15, 0.2) is 5.82 Å². The van der Waals surface area contributed by atoms with Crippen molar-refractivity contribution in [3.63, 3.8) is 0 Å². The van der Waals surface area contributed by atoms with Crippen LogP contribution in [0.15, 0.2) is 48.6 Å². The normalized spacial score (nSPS) is 15.3. The molecule has 1 atom stereocenters. The Balaban J connectivity index is 0.000000579. The fraction of sp³-hybridized carbons (Fsp3) is 0.429. The summed E-state index contributed by atoms with van der Waals surface area (Å²) >= 11 is 0. The molecule has 2 aliphatic rings. The third-order valence-corrected chi connectivity index (χ3v) is 8.63. The number of nitrogens with one attached hydrogen (secondary N) is 1. The van der Waals surface area contributed by atoms with Gasteiger partial charge in [-0.3, -0.25) is 24.6 Å². The van der Waals surface area contributed by atoms with E-state index in [0.717, 1.165) is 30.2 Å². The maximum absolute atomic E-state index is 14.2. The average Bonchev–Trinajstić information content (AvgIpc) is 3.59. The Morgan fingerprint density at radius 2 is 1.56 bits per heavy atom.